The van der Waals surface area contributed by atoms with Gasteiger partial charge in [0.2, 0.25) is 0 Å². The topological polar surface area (TPSA) is 26.0 Å². The molecular weight excluding hydrogens is 184 g/mol. The van der Waals surface area contributed by atoms with Crippen LogP contribution in [0.3, 0.4) is 0 Å². The van der Waals surface area contributed by atoms with Crippen LogP contribution in [-0.2, 0) is 0 Å². The van der Waals surface area contributed by atoms with E-state index in [-0.39, 0.29) is 23.4 Å². The molecule has 1 aliphatic rings. The zero-order valence-electron chi connectivity index (χ0n) is 8.00. The normalized spacial score (nSPS) is 27.4. The molecule has 0 amide bonds. The monoisotopic (exact) mass is 197 g/mol. The average Bonchev–Trinajstić information content (AvgIpc) is 2.83. The van der Waals surface area contributed by atoms with Crippen molar-refractivity contribution >= 4 is 0 Å². The van der Waals surface area contributed by atoms with Gasteiger partial charge in [0.25, 0.3) is 0 Å². The molecule has 76 valence electrons. The van der Waals surface area contributed by atoms with Crippen LogP contribution in [0.4, 0.5) is 8.78 Å². The highest BCUT2D eigenvalue weighted by molar-refractivity contribution is 5.29. The summed E-state index contributed by atoms with van der Waals surface area (Å²) in [5, 5.41) is 0. The van der Waals surface area contributed by atoms with Gasteiger partial charge in [-0.1, -0.05) is 6.07 Å². The first-order chi connectivity index (χ1) is 6.61. The van der Waals surface area contributed by atoms with Crippen LogP contribution in [0.25, 0.3) is 0 Å². The van der Waals surface area contributed by atoms with Crippen LogP contribution in [0.1, 0.15) is 24.8 Å². The Morgan fingerprint density at radius 2 is 1.93 bits per heavy atom. The Kier molecular flexibility index (Phi) is 2.27. The third-order valence-electron chi connectivity index (χ3n) is 2.89. The van der Waals surface area contributed by atoms with Crippen LogP contribution in [-0.4, -0.2) is 6.04 Å². The summed E-state index contributed by atoms with van der Waals surface area (Å²) in [5.41, 5.74) is 5.90. The second kappa shape index (κ2) is 3.31. The Balaban J connectivity index is 2.26. The first-order valence-electron chi connectivity index (χ1n) is 4.80. The smallest absolute Gasteiger partial charge is 0.129 e. The maximum absolute atomic E-state index is 13.3. The Hall–Kier alpha value is -0.960. The van der Waals surface area contributed by atoms with Gasteiger partial charge >= 0.3 is 0 Å². The summed E-state index contributed by atoms with van der Waals surface area (Å²) in [5.74, 6) is -0.672. The van der Waals surface area contributed by atoms with E-state index in [4.69, 9.17) is 5.73 Å². The van der Waals surface area contributed by atoms with Gasteiger partial charge in [-0.3, -0.25) is 0 Å². The molecule has 1 aliphatic carbocycles. The molecule has 0 aromatic heterocycles. The standard InChI is InChI=1S/C11H13F2N/c1-6(14)7-5-8(7)11-9(12)3-2-4-10(11)13/h2-4,6-8H,5,14H2,1H3/t6-,7+,8+/m1/s1. The predicted octanol–water partition coefficient (Wildman–Crippen LogP) is 2.42. The lowest BCUT2D eigenvalue weighted by Gasteiger charge is -2.06. The van der Waals surface area contributed by atoms with E-state index in [1.54, 1.807) is 0 Å². The molecule has 1 aromatic rings. The molecule has 0 radical (unpaired) electrons. The van der Waals surface area contributed by atoms with Crippen LogP contribution in [0.2, 0.25) is 0 Å². The van der Waals surface area contributed by atoms with Gasteiger partial charge in [0, 0.05) is 11.6 Å². The van der Waals surface area contributed by atoms with E-state index in [9.17, 15) is 8.78 Å². The van der Waals surface area contributed by atoms with Crippen molar-refractivity contribution in [2.45, 2.75) is 25.3 Å². The lowest BCUT2D eigenvalue weighted by Crippen LogP contribution is -2.18. The molecule has 0 saturated heterocycles. The van der Waals surface area contributed by atoms with Crippen LogP contribution < -0.4 is 5.73 Å². The summed E-state index contributed by atoms with van der Waals surface area (Å²) in [4.78, 5) is 0. The van der Waals surface area contributed by atoms with Crippen LogP contribution in [0.5, 0.6) is 0 Å². The van der Waals surface area contributed by atoms with Crippen LogP contribution in [0.15, 0.2) is 18.2 Å². The molecule has 1 nitrogen and oxygen atoms in total. The van der Waals surface area contributed by atoms with Crippen molar-refractivity contribution in [2.24, 2.45) is 11.7 Å². The Labute approximate surface area is 81.9 Å². The number of nitrogens with two attached hydrogens (primary N) is 1. The molecule has 1 fully saturated rings. The van der Waals surface area contributed by atoms with E-state index in [1.807, 2.05) is 6.92 Å². The van der Waals surface area contributed by atoms with Crippen LogP contribution >= 0.6 is 0 Å². The number of hydrogen-bond acceptors (Lipinski definition) is 1. The average molecular weight is 197 g/mol. The van der Waals surface area contributed by atoms with Crippen molar-refractivity contribution in [2.75, 3.05) is 0 Å². The van der Waals surface area contributed by atoms with Gasteiger partial charge in [-0.2, -0.15) is 0 Å². The summed E-state index contributed by atoms with van der Waals surface area (Å²) < 4.78 is 26.6. The first kappa shape index (κ1) is 9.59. The molecule has 14 heavy (non-hydrogen) atoms. The summed E-state index contributed by atoms with van der Waals surface area (Å²) in [6, 6.07) is 4.00. The highest BCUT2D eigenvalue weighted by atomic mass is 19.1. The van der Waals surface area contributed by atoms with Gasteiger partial charge in [-0.15, -0.1) is 0 Å². The molecule has 0 spiro atoms. The lowest BCUT2D eigenvalue weighted by molar-refractivity contribution is 0.542. The Morgan fingerprint density at radius 3 is 2.36 bits per heavy atom. The number of rotatable bonds is 2. The fourth-order valence-electron chi connectivity index (χ4n) is 1.99. The molecule has 3 heteroatoms. The number of halogens is 2. The molecule has 1 aromatic carbocycles. The number of benzene rings is 1. The van der Waals surface area contributed by atoms with Gasteiger partial charge < -0.3 is 5.73 Å². The minimum absolute atomic E-state index is 0.0130. The van der Waals surface area contributed by atoms with E-state index >= 15 is 0 Å². The molecule has 0 bridgehead atoms. The van der Waals surface area contributed by atoms with Crippen molar-refractivity contribution in [3.8, 4) is 0 Å². The Morgan fingerprint density at radius 1 is 1.36 bits per heavy atom. The molecule has 2 rings (SSSR count). The van der Waals surface area contributed by atoms with Gasteiger partial charge in [0.15, 0.2) is 0 Å². The van der Waals surface area contributed by atoms with Crippen LogP contribution in [0, 0.1) is 17.6 Å². The molecule has 3 atom stereocenters. The van der Waals surface area contributed by atoms with Crippen molar-refractivity contribution in [1.29, 1.82) is 0 Å². The highest BCUT2D eigenvalue weighted by Crippen LogP contribution is 2.50. The second-order valence-corrected chi connectivity index (χ2v) is 4.00. The van der Waals surface area contributed by atoms with Gasteiger partial charge in [-0.25, -0.2) is 8.78 Å². The lowest BCUT2D eigenvalue weighted by atomic mass is 10.1. The van der Waals surface area contributed by atoms with Gasteiger partial charge in [0.05, 0.1) is 0 Å². The van der Waals surface area contributed by atoms with E-state index < -0.39 is 11.6 Å². The largest absolute Gasteiger partial charge is 0.328 e. The third-order valence-corrected chi connectivity index (χ3v) is 2.89. The first-order valence-corrected chi connectivity index (χ1v) is 4.80. The van der Waals surface area contributed by atoms with Crippen molar-refractivity contribution in [1.82, 2.24) is 0 Å². The van der Waals surface area contributed by atoms with Crippen molar-refractivity contribution in [3.05, 3.63) is 35.4 Å². The fraction of sp³-hybridized carbons (Fsp3) is 0.455. The minimum atomic E-state index is -0.446. The molecule has 2 N–H and O–H groups in total. The maximum atomic E-state index is 13.3. The molecular formula is C11H13F2N. The third kappa shape index (κ3) is 1.52. The maximum Gasteiger partial charge on any atom is 0.129 e. The van der Waals surface area contributed by atoms with E-state index in [0.717, 1.165) is 6.42 Å². The van der Waals surface area contributed by atoms with Gasteiger partial charge in [0.1, 0.15) is 11.6 Å². The molecule has 1 saturated carbocycles. The zero-order chi connectivity index (χ0) is 10.3. The summed E-state index contributed by atoms with van der Waals surface area (Å²) in [6.07, 6.45) is 0.801. The summed E-state index contributed by atoms with van der Waals surface area (Å²) >= 11 is 0. The fourth-order valence-corrected chi connectivity index (χ4v) is 1.99. The second-order valence-electron chi connectivity index (χ2n) is 4.00. The van der Waals surface area contributed by atoms with E-state index in [1.165, 1.54) is 18.2 Å². The van der Waals surface area contributed by atoms with E-state index in [0.29, 0.717) is 0 Å². The Bertz CT molecular complexity index is 329. The molecule has 0 heterocycles. The number of hydrogen-bond donors (Lipinski definition) is 1. The quantitative estimate of drug-likeness (QED) is 0.774. The molecule has 0 unspecified atom stereocenters. The highest BCUT2D eigenvalue weighted by Gasteiger charge is 2.43. The molecule has 0 aliphatic heterocycles. The zero-order valence-corrected chi connectivity index (χ0v) is 8.00. The summed E-state index contributed by atoms with van der Waals surface area (Å²) in [7, 11) is 0. The predicted molar refractivity (Wildman–Crippen MR) is 50.9 cm³/mol. The minimum Gasteiger partial charge on any atom is -0.328 e. The summed E-state index contributed by atoms with van der Waals surface area (Å²) in [6.45, 7) is 1.88. The van der Waals surface area contributed by atoms with E-state index in [2.05, 4.69) is 0 Å². The SMILES string of the molecule is C[C@@H](N)[C@@H]1C[C@@H]1c1c(F)cccc1F. The van der Waals surface area contributed by atoms with Crippen molar-refractivity contribution in [3.63, 3.8) is 0 Å². The van der Waals surface area contributed by atoms with Crippen molar-refractivity contribution < 1.29 is 8.78 Å². The van der Waals surface area contributed by atoms with Gasteiger partial charge in [-0.05, 0) is 37.3 Å².